The number of halogens is 1. The number of rotatable bonds is 5. The van der Waals surface area contributed by atoms with Gasteiger partial charge in [-0.15, -0.1) is 0 Å². The van der Waals surface area contributed by atoms with Crippen LogP contribution in [0, 0.1) is 5.82 Å². The van der Waals surface area contributed by atoms with Gasteiger partial charge in [0.2, 0.25) is 0 Å². The molecule has 2 heterocycles. The molecular formula is C25H28FN3O2. The van der Waals surface area contributed by atoms with Crippen LogP contribution in [0.3, 0.4) is 0 Å². The molecule has 0 aliphatic carbocycles. The summed E-state index contributed by atoms with van der Waals surface area (Å²) in [6.07, 6.45) is 0. The van der Waals surface area contributed by atoms with Crippen molar-refractivity contribution in [2.45, 2.75) is 26.7 Å². The van der Waals surface area contributed by atoms with E-state index in [2.05, 4.69) is 25.7 Å². The molecule has 2 aromatic carbocycles. The number of amides is 2. The molecule has 0 saturated carbocycles. The topological polar surface area (TPSA) is 43.9 Å². The predicted octanol–water partition coefficient (Wildman–Crippen LogP) is 3.87. The summed E-state index contributed by atoms with van der Waals surface area (Å²) < 4.78 is 13.5. The van der Waals surface area contributed by atoms with Crippen molar-refractivity contribution in [2.24, 2.45) is 0 Å². The van der Waals surface area contributed by atoms with Crippen molar-refractivity contribution in [2.75, 3.05) is 37.6 Å². The number of benzene rings is 2. The first-order valence-corrected chi connectivity index (χ1v) is 10.9. The zero-order chi connectivity index (χ0) is 22.1. The standard InChI is InChI=1S/C25H28FN3O2/c1-4-27-13-15-28(16-14-27)23-22(19-5-9-20(26)10-6-19)24(30)29(25(23)31)21-11-7-18(8-12-21)17(2)3/h5-12,17H,4,13-16H2,1-3H3. The monoisotopic (exact) mass is 421 g/mol. The fourth-order valence-corrected chi connectivity index (χ4v) is 4.22. The first-order valence-electron chi connectivity index (χ1n) is 10.9. The first kappa shape index (κ1) is 21.2. The van der Waals surface area contributed by atoms with E-state index in [4.69, 9.17) is 0 Å². The normalized spacial score (nSPS) is 18.0. The summed E-state index contributed by atoms with van der Waals surface area (Å²) in [4.78, 5) is 32.6. The van der Waals surface area contributed by atoms with Crippen LogP contribution in [0.5, 0.6) is 0 Å². The molecule has 2 amide bonds. The van der Waals surface area contributed by atoms with Gasteiger partial charge in [-0.2, -0.15) is 0 Å². The van der Waals surface area contributed by atoms with E-state index in [9.17, 15) is 14.0 Å². The van der Waals surface area contributed by atoms with Crippen LogP contribution < -0.4 is 4.90 Å². The summed E-state index contributed by atoms with van der Waals surface area (Å²) in [5.41, 5.74) is 3.03. The summed E-state index contributed by atoms with van der Waals surface area (Å²) in [7, 11) is 0. The Morgan fingerprint density at radius 2 is 1.48 bits per heavy atom. The highest BCUT2D eigenvalue weighted by Crippen LogP contribution is 2.35. The average molecular weight is 422 g/mol. The number of carbonyl (C=O) groups excluding carboxylic acids is 2. The zero-order valence-electron chi connectivity index (χ0n) is 18.3. The highest BCUT2D eigenvalue weighted by Gasteiger charge is 2.43. The van der Waals surface area contributed by atoms with E-state index < -0.39 is 0 Å². The van der Waals surface area contributed by atoms with E-state index >= 15 is 0 Å². The molecule has 6 heteroatoms. The lowest BCUT2D eigenvalue weighted by Crippen LogP contribution is -2.47. The van der Waals surface area contributed by atoms with Crippen molar-refractivity contribution >= 4 is 23.1 Å². The fourth-order valence-electron chi connectivity index (χ4n) is 4.22. The van der Waals surface area contributed by atoms with Crippen LogP contribution in [0.2, 0.25) is 0 Å². The van der Waals surface area contributed by atoms with Crippen molar-refractivity contribution in [1.29, 1.82) is 0 Å². The number of imide groups is 1. The first-order chi connectivity index (χ1) is 14.9. The summed E-state index contributed by atoms with van der Waals surface area (Å²) in [6, 6.07) is 13.4. The Hall–Kier alpha value is -2.99. The van der Waals surface area contributed by atoms with Gasteiger partial charge in [0.05, 0.1) is 11.3 Å². The second-order valence-electron chi connectivity index (χ2n) is 8.34. The third-order valence-electron chi connectivity index (χ3n) is 6.15. The number of piperazine rings is 1. The van der Waals surface area contributed by atoms with E-state index in [1.54, 1.807) is 12.1 Å². The third kappa shape index (κ3) is 4.00. The minimum absolute atomic E-state index is 0.313. The molecule has 0 atom stereocenters. The molecule has 162 valence electrons. The molecule has 2 aliphatic rings. The van der Waals surface area contributed by atoms with Crippen LogP contribution in [0.25, 0.3) is 5.57 Å². The Kier molecular flexibility index (Phi) is 5.92. The lowest BCUT2D eigenvalue weighted by Gasteiger charge is -2.36. The van der Waals surface area contributed by atoms with Gasteiger partial charge < -0.3 is 9.80 Å². The number of likely N-dealkylation sites (N-methyl/N-ethyl adjacent to an activating group) is 1. The second-order valence-corrected chi connectivity index (χ2v) is 8.34. The Bertz CT molecular complexity index is 1000. The Balaban J connectivity index is 1.74. The summed E-state index contributed by atoms with van der Waals surface area (Å²) in [5, 5.41) is 0. The van der Waals surface area contributed by atoms with Gasteiger partial charge in [-0.3, -0.25) is 9.59 Å². The van der Waals surface area contributed by atoms with Crippen LogP contribution in [-0.2, 0) is 9.59 Å². The molecule has 0 unspecified atom stereocenters. The number of anilines is 1. The maximum Gasteiger partial charge on any atom is 0.282 e. The molecule has 2 aromatic rings. The van der Waals surface area contributed by atoms with Gasteiger partial charge in [0, 0.05) is 26.2 Å². The molecule has 2 aliphatic heterocycles. The highest BCUT2D eigenvalue weighted by atomic mass is 19.1. The SMILES string of the molecule is CCN1CCN(C2=C(c3ccc(F)cc3)C(=O)N(c3ccc(C(C)C)cc3)C2=O)CC1. The Labute approximate surface area is 182 Å². The minimum atomic E-state index is -0.375. The predicted molar refractivity (Wildman–Crippen MR) is 120 cm³/mol. The van der Waals surface area contributed by atoms with Crippen LogP contribution in [0.15, 0.2) is 54.2 Å². The summed E-state index contributed by atoms with van der Waals surface area (Å²) in [6.45, 7) is 10.3. The van der Waals surface area contributed by atoms with Crippen LogP contribution in [-0.4, -0.2) is 54.3 Å². The van der Waals surface area contributed by atoms with Crippen molar-refractivity contribution in [3.8, 4) is 0 Å². The Morgan fingerprint density at radius 3 is 2.03 bits per heavy atom. The van der Waals surface area contributed by atoms with Crippen LogP contribution in [0.1, 0.15) is 37.8 Å². The average Bonchev–Trinajstić information content (AvgIpc) is 3.04. The van der Waals surface area contributed by atoms with E-state index in [1.807, 2.05) is 29.2 Å². The van der Waals surface area contributed by atoms with Gasteiger partial charge in [-0.1, -0.05) is 45.0 Å². The van der Waals surface area contributed by atoms with E-state index in [0.717, 1.165) is 25.2 Å². The molecule has 0 bridgehead atoms. The van der Waals surface area contributed by atoms with E-state index in [1.165, 1.54) is 17.0 Å². The van der Waals surface area contributed by atoms with Gasteiger partial charge in [0.15, 0.2) is 0 Å². The maximum atomic E-state index is 13.6. The Morgan fingerprint density at radius 1 is 0.871 bits per heavy atom. The van der Waals surface area contributed by atoms with Crippen LogP contribution in [0.4, 0.5) is 10.1 Å². The van der Waals surface area contributed by atoms with Gasteiger partial charge in [-0.25, -0.2) is 9.29 Å². The summed E-state index contributed by atoms with van der Waals surface area (Å²) >= 11 is 0. The largest absolute Gasteiger partial charge is 0.364 e. The van der Waals surface area contributed by atoms with Crippen molar-refractivity contribution in [1.82, 2.24) is 9.80 Å². The van der Waals surface area contributed by atoms with Gasteiger partial charge in [0.1, 0.15) is 11.5 Å². The minimum Gasteiger partial charge on any atom is -0.364 e. The summed E-state index contributed by atoms with van der Waals surface area (Å²) in [5.74, 6) is -0.689. The van der Waals surface area contributed by atoms with Crippen LogP contribution >= 0.6 is 0 Å². The lowest BCUT2D eigenvalue weighted by atomic mass is 10.0. The molecule has 0 spiro atoms. The zero-order valence-corrected chi connectivity index (χ0v) is 18.3. The number of hydrogen-bond donors (Lipinski definition) is 0. The number of nitrogens with zero attached hydrogens (tertiary/aromatic N) is 3. The third-order valence-corrected chi connectivity index (χ3v) is 6.15. The molecule has 5 nitrogen and oxygen atoms in total. The van der Waals surface area contributed by atoms with Gasteiger partial charge >= 0.3 is 0 Å². The second kappa shape index (κ2) is 8.63. The molecular weight excluding hydrogens is 393 g/mol. The molecule has 1 saturated heterocycles. The van der Waals surface area contributed by atoms with Gasteiger partial charge in [-0.05, 0) is 47.9 Å². The molecule has 0 radical (unpaired) electrons. The molecule has 4 rings (SSSR count). The van der Waals surface area contributed by atoms with Crippen molar-refractivity contribution < 1.29 is 14.0 Å². The fraction of sp³-hybridized carbons (Fsp3) is 0.360. The molecule has 0 N–H and O–H groups in total. The quantitative estimate of drug-likeness (QED) is 0.688. The van der Waals surface area contributed by atoms with E-state index in [0.29, 0.717) is 41.5 Å². The lowest BCUT2D eigenvalue weighted by molar-refractivity contribution is -0.120. The van der Waals surface area contributed by atoms with E-state index in [-0.39, 0.29) is 17.6 Å². The molecule has 1 fully saturated rings. The van der Waals surface area contributed by atoms with Crippen molar-refractivity contribution in [3.63, 3.8) is 0 Å². The maximum absolute atomic E-state index is 13.6. The van der Waals surface area contributed by atoms with Gasteiger partial charge in [0.25, 0.3) is 11.8 Å². The molecule has 0 aromatic heterocycles. The smallest absolute Gasteiger partial charge is 0.282 e. The van der Waals surface area contributed by atoms with Crippen molar-refractivity contribution in [3.05, 3.63) is 71.2 Å². The number of carbonyl (C=O) groups is 2. The highest BCUT2D eigenvalue weighted by molar-refractivity contribution is 6.45. The molecule has 31 heavy (non-hydrogen) atoms. The number of hydrogen-bond acceptors (Lipinski definition) is 4.